The molecule has 5 nitrogen and oxygen atoms in total. The Balaban J connectivity index is 1.92. The van der Waals surface area contributed by atoms with Gasteiger partial charge in [-0.1, -0.05) is 6.07 Å². The fourth-order valence-electron chi connectivity index (χ4n) is 2.71. The minimum atomic E-state index is -0.0343. The van der Waals surface area contributed by atoms with Crippen LogP contribution in [0.2, 0.25) is 0 Å². The van der Waals surface area contributed by atoms with E-state index in [1.807, 2.05) is 38.1 Å². The molecule has 3 aromatic rings. The Hall–Kier alpha value is -2.82. The highest BCUT2D eigenvalue weighted by Crippen LogP contribution is 2.28. The van der Waals surface area contributed by atoms with Crippen molar-refractivity contribution in [1.29, 1.82) is 0 Å². The van der Waals surface area contributed by atoms with Crippen molar-refractivity contribution >= 4 is 16.9 Å². The van der Waals surface area contributed by atoms with Gasteiger partial charge >= 0.3 is 0 Å². The molecule has 0 bridgehead atoms. The van der Waals surface area contributed by atoms with Gasteiger partial charge in [-0.25, -0.2) is 4.98 Å². The molecular weight excluding hydrogens is 304 g/mol. The molecule has 0 aliphatic heterocycles. The van der Waals surface area contributed by atoms with E-state index in [0.717, 1.165) is 22.2 Å². The zero-order chi connectivity index (χ0) is 17.3. The average Bonchev–Trinajstić information content (AvgIpc) is 2.97. The van der Waals surface area contributed by atoms with Gasteiger partial charge in [0.1, 0.15) is 6.33 Å². The highest BCUT2D eigenvalue weighted by Gasteiger charge is 2.13. The number of carbonyl (C=O) groups excluding carboxylic acids is 1. The van der Waals surface area contributed by atoms with E-state index in [2.05, 4.69) is 4.98 Å². The van der Waals surface area contributed by atoms with Crippen LogP contribution in [0.5, 0.6) is 11.5 Å². The minimum Gasteiger partial charge on any atom is -0.493 e. The van der Waals surface area contributed by atoms with Crippen molar-refractivity contribution in [3.05, 3.63) is 53.3 Å². The number of benzene rings is 2. The molecule has 0 amide bonds. The first-order valence-corrected chi connectivity index (χ1v) is 7.72. The lowest BCUT2D eigenvalue weighted by atomic mass is 10.1. The molecular formula is C19H20N2O3. The van der Waals surface area contributed by atoms with E-state index in [0.29, 0.717) is 11.5 Å². The number of imidazole rings is 1. The lowest BCUT2D eigenvalue weighted by Gasteiger charge is -2.10. The smallest absolute Gasteiger partial charge is 0.236 e. The SMILES string of the molecule is COc1ccc(CC(=O)n2cnc3cc(C)c(C)cc32)cc1OC. The lowest BCUT2D eigenvalue weighted by molar-refractivity contribution is 0.0918. The molecule has 1 aromatic heterocycles. The standard InChI is InChI=1S/C19H20N2O3/c1-12-7-15-16(8-13(12)2)21(11-20-15)19(22)10-14-5-6-17(23-3)18(9-14)24-4/h5-9,11H,10H2,1-4H3. The largest absolute Gasteiger partial charge is 0.493 e. The zero-order valence-electron chi connectivity index (χ0n) is 14.3. The Morgan fingerprint density at radius 2 is 1.75 bits per heavy atom. The Labute approximate surface area is 140 Å². The molecule has 0 unspecified atom stereocenters. The minimum absolute atomic E-state index is 0.0343. The predicted octanol–water partition coefficient (Wildman–Crippen LogP) is 3.55. The van der Waals surface area contributed by atoms with Gasteiger partial charge in [0.25, 0.3) is 0 Å². The van der Waals surface area contributed by atoms with Gasteiger partial charge in [-0.05, 0) is 54.8 Å². The molecule has 0 atom stereocenters. The van der Waals surface area contributed by atoms with Crippen molar-refractivity contribution < 1.29 is 14.3 Å². The molecule has 0 N–H and O–H groups in total. The number of ether oxygens (including phenoxy) is 2. The van der Waals surface area contributed by atoms with Gasteiger partial charge in [-0.3, -0.25) is 9.36 Å². The first-order valence-electron chi connectivity index (χ1n) is 7.72. The van der Waals surface area contributed by atoms with Crippen LogP contribution >= 0.6 is 0 Å². The summed E-state index contributed by atoms with van der Waals surface area (Å²) in [5.74, 6) is 1.23. The third kappa shape index (κ3) is 2.85. The van der Waals surface area contributed by atoms with Crippen LogP contribution in [0.3, 0.4) is 0 Å². The number of aromatic nitrogens is 2. The summed E-state index contributed by atoms with van der Waals surface area (Å²) < 4.78 is 12.1. The summed E-state index contributed by atoms with van der Waals surface area (Å²) in [7, 11) is 3.17. The topological polar surface area (TPSA) is 53.4 Å². The quantitative estimate of drug-likeness (QED) is 0.736. The monoisotopic (exact) mass is 324 g/mol. The van der Waals surface area contributed by atoms with E-state index in [1.54, 1.807) is 31.2 Å². The van der Waals surface area contributed by atoms with Gasteiger partial charge < -0.3 is 9.47 Å². The first-order chi connectivity index (χ1) is 11.5. The van der Waals surface area contributed by atoms with Crippen LogP contribution in [-0.4, -0.2) is 29.7 Å². The molecule has 0 saturated heterocycles. The maximum Gasteiger partial charge on any atom is 0.236 e. The summed E-state index contributed by atoms with van der Waals surface area (Å²) in [6.07, 6.45) is 1.85. The van der Waals surface area contributed by atoms with Crippen LogP contribution in [-0.2, 0) is 6.42 Å². The van der Waals surface area contributed by atoms with Crippen LogP contribution in [0.4, 0.5) is 0 Å². The van der Waals surface area contributed by atoms with Gasteiger partial charge in [-0.15, -0.1) is 0 Å². The van der Waals surface area contributed by atoms with E-state index in [9.17, 15) is 4.79 Å². The summed E-state index contributed by atoms with van der Waals surface area (Å²) >= 11 is 0. The van der Waals surface area contributed by atoms with E-state index < -0.39 is 0 Å². The number of aryl methyl sites for hydroxylation is 2. The second kappa shape index (κ2) is 6.35. The molecule has 5 heteroatoms. The highest BCUT2D eigenvalue weighted by atomic mass is 16.5. The molecule has 0 spiro atoms. The fraction of sp³-hybridized carbons (Fsp3) is 0.263. The highest BCUT2D eigenvalue weighted by molar-refractivity contribution is 5.91. The van der Waals surface area contributed by atoms with E-state index in [4.69, 9.17) is 9.47 Å². The molecule has 2 aromatic carbocycles. The molecule has 0 saturated carbocycles. The van der Waals surface area contributed by atoms with Gasteiger partial charge in [0.15, 0.2) is 11.5 Å². The van der Waals surface area contributed by atoms with Crippen molar-refractivity contribution in [2.45, 2.75) is 20.3 Å². The normalized spacial score (nSPS) is 10.8. The van der Waals surface area contributed by atoms with Crippen LogP contribution in [0, 0.1) is 13.8 Å². The number of fused-ring (bicyclic) bond motifs is 1. The maximum atomic E-state index is 12.7. The van der Waals surface area contributed by atoms with Crippen molar-refractivity contribution in [3.63, 3.8) is 0 Å². The number of hydrogen-bond acceptors (Lipinski definition) is 4. The number of hydrogen-bond donors (Lipinski definition) is 0. The summed E-state index contributed by atoms with van der Waals surface area (Å²) in [6.45, 7) is 4.07. The number of methoxy groups -OCH3 is 2. The molecule has 124 valence electrons. The molecule has 3 rings (SSSR count). The van der Waals surface area contributed by atoms with Crippen molar-refractivity contribution in [3.8, 4) is 11.5 Å². The second-order valence-electron chi connectivity index (χ2n) is 5.80. The predicted molar refractivity (Wildman–Crippen MR) is 93.1 cm³/mol. The van der Waals surface area contributed by atoms with Crippen LogP contribution < -0.4 is 9.47 Å². The summed E-state index contributed by atoms with van der Waals surface area (Å²) in [5.41, 5.74) is 4.84. The Morgan fingerprint density at radius 3 is 2.46 bits per heavy atom. The van der Waals surface area contributed by atoms with Gasteiger partial charge in [-0.2, -0.15) is 0 Å². The summed E-state index contributed by atoms with van der Waals surface area (Å²) in [6, 6.07) is 9.51. The third-order valence-electron chi connectivity index (χ3n) is 4.23. The molecule has 0 radical (unpaired) electrons. The van der Waals surface area contributed by atoms with E-state index in [1.165, 1.54) is 5.56 Å². The van der Waals surface area contributed by atoms with Crippen LogP contribution in [0.25, 0.3) is 11.0 Å². The Morgan fingerprint density at radius 1 is 1.04 bits per heavy atom. The number of rotatable bonds is 4. The van der Waals surface area contributed by atoms with Gasteiger partial charge in [0.05, 0.1) is 31.7 Å². The third-order valence-corrected chi connectivity index (χ3v) is 4.23. The van der Waals surface area contributed by atoms with Crippen molar-refractivity contribution in [2.24, 2.45) is 0 Å². The lowest BCUT2D eigenvalue weighted by Crippen LogP contribution is -2.12. The number of nitrogens with zero attached hydrogens (tertiary/aromatic N) is 2. The van der Waals surface area contributed by atoms with Crippen LogP contribution in [0.15, 0.2) is 36.7 Å². The first kappa shape index (κ1) is 16.1. The molecule has 0 aliphatic carbocycles. The second-order valence-corrected chi connectivity index (χ2v) is 5.80. The number of carbonyl (C=O) groups is 1. The fourth-order valence-corrected chi connectivity index (χ4v) is 2.71. The zero-order valence-corrected chi connectivity index (χ0v) is 14.3. The van der Waals surface area contributed by atoms with Gasteiger partial charge in [0, 0.05) is 0 Å². The summed E-state index contributed by atoms with van der Waals surface area (Å²) in [4.78, 5) is 17.0. The molecule has 1 heterocycles. The molecule has 24 heavy (non-hydrogen) atoms. The maximum absolute atomic E-state index is 12.7. The van der Waals surface area contributed by atoms with Crippen molar-refractivity contribution in [1.82, 2.24) is 9.55 Å². The van der Waals surface area contributed by atoms with Gasteiger partial charge in [0.2, 0.25) is 5.91 Å². The molecule has 0 aliphatic rings. The Bertz CT molecular complexity index is 912. The van der Waals surface area contributed by atoms with Crippen LogP contribution in [0.1, 0.15) is 21.5 Å². The Kier molecular flexibility index (Phi) is 4.25. The van der Waals surface area contributed by atoms with E-state index >= 15 is 0 Å². The molecule has 0 fully saturated rings. The van der Waals surface area contributed by atoms with E-state index in [-0.39, 0.29) is 12.3 Å². The van der Waals surface area contributed by atoms with Crippen molar-refractivity contribution in [2.75, 3.05) is 14.2 Å². The average molecular weight is 324 g/mol. The summed E-state index contributed by atoms with van der Waals surface area (Å²) in [5, 5.41) is 0.